The van der Waals surface area contributed by atoms with Crippen molar-refractivity contribution in [2.24, 2.45) is 11.8 Å². The van der Waals surface area contributed by atoms with E-state index in [1.165, 1.54) is 28.6 Å². The monoisotopic (exact) mass is 501 g/mol. The van der Waals surface area contributed by atoms with Gasteiger partial charge in [-0.2, -0.15) is 5.26 Å². The summed E-state index contributed by atoms with van der Waals surface area (Å²) in [6.07, 6.45) is 10.3. The third-order valence-corrected chi connectivity index (χ3v) is 8.66. The van der Waals surface area contributed by atoms with Gasteiger partial charge in [-0.3, -0.25) is 4.79 Å². The molecule has 0 bridgehead atoms. The van der Waals surface area contributed by atoms with Gasteiger partial charge < -0.3 is 10.1 Å². The van der Waals surface area contributed by atoms with Crippen LogP contribution in [0.25, 0.3) is 0 Å². The third kappa shape index (κ3) is 4.72. The van der Waals surface area contributed by atoms with Gasteiger partial charge in [-0.15, -0.1) is 0 Å². The summed E-state index contributed by atoms with van der Waals surface area (Å²) >= 11 is 0. The molecule has 1 atom stereocenters. The molecule has 36 heavy (non-hydrogen) atoms. The number of carbonyl (C=O) groups is 1. The van der Waals surface area contributed by atoms with Crippen LogP contribution in [0.4, 0.5) is 0 Å². The lowest BCUT2D eigenvalue weighted by atomic mass is 9.81. The van der Waals surface area contributed by atoms with E-state index in [1.807, 2.05) is 18.4 Å². The zero-order chi connectivity index (χ0) is 25.1. The van der Waals surface area contributed by atoms with Gasteiger partial charge in [-0.1, -0.05) is 24.3 Å². The predicted molar refractivity (Wildman–Crippen MR) is 135 cm³/mol. The van der Waals surface area contributed by atoms with E-state index < -0.39 is 10.0 Å². The molecule has 8 heteroatoms. The fraction of sp³-hybridized carbons (Fsp3) is 0.286. The first kappa shape index (κ1) is 24.0. The first-order valence-corrected chi connectivity index (χ1v) is 13.5. The highest BCUT2D eigenvalue weighted by Gasteiger charge is 2.40. The molecule has 1 aliphatic carbocycles. The van der Waals surface area contributed by atoms with E-state index in [-0.39, 0.29) is 16.7 Å². The van der Waals surface area contributed by atoms with Crippen LogP contribution in [-0.4, -0.2) is 31.8 Å². The van der Waals surface area contributed by atoms with Crippen molar-refractivity contribution in [1.29, 1.82) is 5.26 Å². The van der Waals surface area contributed by atoms with E-state index in [0.717, 1.165) is 36.1 Å². The largest absolute Gasteiger partial charge is 0.381 e. The number of carbonyl (C=O) groups excluding carboxylic acids is 1. The van der Waals surface area contributed by atoms with E-state index in [2.05, 4.69) is 17.5 Å². The maximum absolute atomic E-state index is 13.6. The molecule has 5 rings (SSSR count). The summed E-state index contributed by atoms with van der Waals surface area (Å²) in [4.78, 5) is 12.7. The zero-order valence-corrected chi connectivity index (χ0v) is 20.6. The van der Waals surface area contributed by atoms with Crippen molar-refractivity contribution < 1.29 is 17.9 Å². The van der Waals surface area contributed by atoms with Gasteiger partial charge in [0.15, 0.2) is 0 Å². The van der Waals surface area contributed by atoms with Crippen molar-refractivity contribution in [2.45, 2.75) is 30.7 Å². The van der Waals surface area contributed by atoms with Crippen LogP contribution in [0.1, 0.15) is 40.7 Å². The summed E-state index contributed by atoms with van der Waals surface area (Å²) in [5.74, 6) is 0.0903. The lowest BCUT2D eigenvalue weighted by Gasteiger charge is -2.28. The van der Waals surface area contributed by atoms with Crippen LogP contribution in [0.15, 0.2) is 89.1 Å². The smallest absolute Gasteiger partial charge is 0.267 e. The Labute approximate surface area is 211 Å². The highest BCUT2D eigenvalue weighted by molar-refractivity contribution is 7.89. The molecule has 0 saturated carbocycles. The number of sulfonamides is 1. The van der Waals surface area contributed by atoms with Crippen molar-refractivity contribution in [3.8, 4) is 6.07 Å². The second-order valence-corrected chi connectivity index (χ2v) is 11.0. The number of benzene rings is 2. The first-order chi connectivity index (χ1) is 17.5. The lowest BCUT2D eigenvalue weighted by molar-refractivity contribution is 0.0740. The average molecular weight is 502 g/mol. The van der Waals surface area contributed by atoms with Gasteiger partial charge in [-0.25, -0.2) is 12.7 Å². The number of nitrogens with one attached hydrogen (secondary N) is 1. The van der Waals surface area contributed by atoms with Crippen molar-refractivity contribution in [2.75, 3.05) is 13.2 Å². The molecule has 2 aromatic carbocycles. The normalized spacial score (nSPS) is 19.8. The van der Waals surface area contributed by atoms with E-state index in [0.29, 0.717) is 36.8 Å². The number of nitriles is 1. The van der Waals surface area contributed by atoms with E-state index in [9.17, 15) is 13.2 Å². The molecular formula is C28H27N3O4S. The minimum absolute atomic E-state index is 0.0696. The Balaban J connectivity index is 1.32. The number of hydrogen-bond donors (Lipinski definition) is 1. The van der Waals surface area contributed by atoms with Crippen LogP contribution < -0.4 is 5.32 Å². The Morgan fingerprint density at radius 2 is 1.81 bits per heavy atom. The van der Waals surface area contributed by atoms with Gasteiger partial charge in [0.05, 0.1) is 16.5 Å². The van der Waals surface area contributed by atoms with Crippen LogP contribution in [0.3, 0.4) is 0 Å². The Bertz CT molecular complexity index is 1380. The number of rotatable bonds is 6. The van der Waals surface area contributed by atoms with Gasteiger partial charge in [0, 0.05) is 43.1 Å². The first-order valence-electron chi connectivity index (χ1n) is 12.0. The number of nitrogens with zero attached hydrogens (tertiary/aromatic N) is 2. The van der Waals surface area contributed by atoms with Crippen molar-refractivity contribution >= 4 is 15.9 Å². The molecule has 1 saturated heterocycles. The molecule has 7 nitrogen and oxygen atoms in total. The number of fused-ring (bicyclic) bond motifs is 1. The molecule has 0 aromatic heterocycles. The number of amides is 1. The van der Waals surface area contributed by atoms with E-state index in [4.69, 9.17) is 10.00 Å². The summed E-state index contributed by atoms with van der Waals surface area (Å²) in [6.45, 7) is 1.71. The fourth-order valence-electron chi connectivity index (χ4n) is 4.95. The maximum Gasteiger partial charge on any atom is 0.267 e. The molecular weight excluding hydrogens is 474 g/mol. The van der Waals surface area contributed by atoms with Gasteiger partial charge >= 0.3 is 0 Å². The summed E-state index contributed by atoms with van der Waals surface area (Å²) in [6, 6.07) is 15.1. The van der Waals surface area contributed by atoms with Crippen molar-refractivity contribution in [3.63, 3.8) is 0 Å². The molecule has 0 spiro atoms. The molecule has 1 unspecified atom stereocenters. The van der Waals surface area contributed by atoms with Crippen LogP contribution >= 0.6 is 0 Å². The lowest BCUT2D eigenvalue weighted by Crippen LogP contribution is -2.26. The molecule has 1 N–H and O–H groups in total. The van der Waals surface area contributed by atoms with Gasteiger partial charge in [0.2, 0.25) is 0 Å². The molecule has 3 aliphatic rings. The summed E-state index contributed by atoms with van der Waals surface area (Å²) < 4.78 is 34.2. The molecule has 1 fully saturated rings. The molecule has 2 aliphatic heterocycles. The molecule has 2 heterocycles. The SMILES string of the molecule is N#Cc1ccc(CNC(=O)c2ccc(S(=O)(=O)N3C=C(C4CCOCC4)C4CC=CC=C43)cc2)cc1. The predicted octanol–water partition coefficient (Wildman–Crippen LogP) is 4.26. The second kappa shape index (κ2) is 10.1. The zero-order valence-electron chi connectivity index (χ0n) is 19.8. The van der Waals surface area contributed by atoms with Crippen LogP contribution in [0.2, 0.25) is 0 Å². The Morgan fingerprint density at radius 3 is 2.50 bits per heavy atom. The summed E-state index contributed by atoms with van der Waals surface area (Å²) in [5.41, 5.74) is 3.74. The second-order valence-electron chi connectivity index (χ2n) is 9.14. The third-order valence-electron chi connectivity index (χ3n) is 6.96. The Morgan fingerprint density at radius 1 is 1.08 bits per heavy atom. The molecule has 184 valence electrons. The quantitative estimate of drug-likeness (QED) is 0.638. The maximum atomic E-state index is 13.6. The summed E-state index contributed by atoms with van der Waals surface area (Å²) in [5, 5.41) is 11.7. The Kier molecular flexibility index (Phi) is 6.77. The minimum Gasteiger partial charge on any atom is -0.381 e. The highest BCUT2D eigenvalue weighted by Crippen LogP contribution is 2.45. The van der Waals surface area contributed by atoms with Gasteiger partial charge in [0.25, 0.3) is 15.9 Å². The molecule has 1 amide bonds. The number of ether oxygens (including phenoxy) is 1. The standard InChI is InChI=1S/C28H27N3O4S/c29-17-20-5-7-21(8-6-20)18-30-28(32)23-9-11-24(12-10-23)36(33,34)31-19-26(22-13-15-35-16-14-22)25-3-1-2-4-27(25)31/h1-2,4-12,19,22,25H,3,13-16,18H2,(H,30,32). The Hall–Kier alpha value is -3.67. The highest BCUT2D eigenvalue weighted by atomic mass is 32.2. The van der Waals surface area contributed by atoms with E-state index >= 15 is 0 Å². The minimum atomic E-state index is -3.82. The fourth-order valence-corrected chi connectivity index (χ4v) is 6.39. The van der Waals surface area contributed by atoms with E-state index in [1.54, 1.807) is 24.3 Å². The van der Waals surface area contributed by atoms with Crippen molar-refractivity contribution in [3.05, 3.63) is 101 Å². The van der Waals surface area contributed by atoms with Gasteiger partial charge in [-0.05, 0) is 78.8 Å². The average Bonchev–Trinajstić information content (AvgIpc) is 3.33. The van der Waals surface area contributed by atoms with Crippen LogP contribution in [0.5, 0.6) is 0 Å². The molecule has 0 radical (unpaired) electrons. The van der Waals surface area contributed by atoms with Crippen LogP contribution in [0, 0.1) is 23.2 Å². The topological polar surface area (TPSA) is 99.5 Å². The van der Waals surface area contributed by atoms with Crippen LogP contribution in [-0.2, 0) is 21.3 Å². The number of allylic oxidation sites excluding steroid dienone is 4. The summed E-state index contributed by atoms with van der Waals surface area (Å²) in [7, 11) is -3.82. The van der Waals surface area contributed by atoms with Gasteiger partial charge in [0.1, 0.15) is 0 Å². The molecule has 2 aromatic rings. The van der Waals surface area contributed by atoms with Crippen molar-refractivity contribution in [1.82, 2.24) is 9.62 Å². The number of hydrogen-bond acceptors (Lipinski definition) is 5.